The van der Waals surface area contributed by atoms with Crippen LogP contribution in [-0.4, -0.2) is 30.7 Å². The lowest BCUT2D eigenvalue weighted by molar-refractivity contribution is 0.268. The maximum Gasteiger partial charge on any atom is 0.204 e. The summed E-state index contributed by atoms with van der Waals surface area (Å²) in [6.07, 6.45) is 0. The first-order chi connectivity index (χ1) is 4.89. The molecule has 0 aromatic heterocycles. The van der Waals surface area contributed by atoms with Crippen LogP contribution in [0.3, 0.4) is 0 Å². The molecule has 0 N–H and O–H groups in total. The van der Waals surface area contributed by atoms with Crippen molar-refractivity contribution in [3.05, 3.63) is 0 Å². The van der Waals surface area contributed by atoms with Gasteiger partial charge in [-0.1, -0.05) is 0 Å². The van der Waals surface area contributed by atoms with Crippen molar-refractivity contribution in [3.63, 3.8) is 0 Å². The Balaban J connectivity index is 4.35. The van der Waals surface area contributed by atoms with Gasteiger partial charge in [-0.15, -0.1) is 11.6 Å². The molecular weight excluding hydrogens is 186 g/mol. The molecular formula is C6H14ClNO2S. The van der Waals surface area contributed by atoms with Crippen LogP contribution in [0.2, 0.25) is 0 Å². The summed E-state index contributed by atoms with van der Waals surface area (Å²) < 4.78 is 22.6. The second-order valence-corrected chi connectivity index (χ2v) is 4.56. The largest absolute Gasteiger partial charge is 0.215 e. The Hall–Kier alpha value is 0.200. The minimum absolute atomic E-state index is 0.334. The molecule has 0 heterocycles. The summed E-state index contributed by atoms with van der Waals surface area (Å²) in [6.45, 7) is 5.89. The molecule has 0 rings (SSSR count). The van der Waals surface area contributed by atoms with Crippen LogP contribution in [0, 0.1) is 0 Å². The van der Waals surface area contributed by atoms with E-state index in [1.54, 1.807) is 0 Å². The fourth-order valence-corrected chi connectivity index (χ4v) is 1.78. The van der Waals surface area contributed by atoms with Crippen molar-refractivity contribution in [3.8, 4) is 0 Å². The van der Waals surface area contributed by atoms with Gasteiger partial charge in [0.15, 0.2) is 0 Å². The molecule has 0 aromatic rings. The maximum atomic E-state index is 10.6. The van der Waals surface area contributed by atoms with E-state index in [1.165, 1.54) is 4.31 Å². The van der Waals surface area contributed by atoms with Gasteiger partial charge in [-0.25, -0.2) is 8.42 Å². The summed E-state index contributed by atoms with van der Waals surface area (Å²) in [5.74, 6) is 0.334. The quantitative estimate of drug-likeness (QED) is 0.541. The molecule has 0 bridgehead atoms. The number of halogens is 1. The van der Waals surface area contributed by atoms with E-state index in [0.29, 0.717) is 12.4 Å². The third-order valence-electron chi connectivity index (χ3n) is 1.27. The highest BCUT2D eigenvalue weighted by molar-refractivity contribution is 7.69. The highest BCUT2D eigenvalue weighted by Gasteiger charge is 2.22. The van der Waals surface area contributed by atoms with Crippen LogP contribution in [0.15, 0.2) is 0 Å². The fraction of sp³-hybridized carbons (Fsp3) is 1.00. The van der Waals surface area contributed by atoms with Crippen LogP contribution >= 0.6 is 11.6 Å². The van der Waals surface area contributed by atoms with Crippen molar-refractivity contribution >= 4 is 22.5 Å². The highest BCUT2D eigenvalue weighted by atomic mass is 35.5. The van der Waals surface area contributed by atoms with Gasteiger partial charge in [-0.3, -0.25) is 0 Å². The smallest absolute Gasteiger partial charge is 0.204 e. The van der Waals surface area contributed by atoms with Gasteiger partial charge >= 0.3 is 0 Å². The second-order valence-electron chi connectivity index (χ2n) is 3.22. The molecule has 0 aromatic carbocycles. The standard InChI is InChI=1S/C6H14ClNO2S/c1-6(2,3)8(5-4-7)11(9)10/h11H,4-5H2,1-3H3. The molecule has 0 aliphatic carbocycles. The van der Waals surface area contributed by atoms with Crippen LogP contribution in [-0.2, 0) is 10.9 Å². The minimum atomic E-state index is -2.51. The lowest BCUT2D eigenvalue weighted by atomic mass is 10.1. The van der Waals surface area contributed by atoms with E-state index < -0.39 is 10.9 Å². The zero-order chi connectivity index (χ0) is 9.07. The summed E-state index contributed by atoms with van der Waals surface area (Å²) in [7, 11) is -2.51. The van der Waals surface area contributed by atoms with Gasteiger partial charge in [0.2, 0.25) is 10.9 Å². The maximum absolute atomic E-state index is 10.6. The number of alkyl halides is 1. The molecule has 0 aliphatic heterocycles. The summed E-state index contributed by atoms with van der Waals surface area (Å²) in [4.78, 5) is 0. The lowest BCUT2D eigenvalue weighted by Gasteiger charge is -2.28. The zero-order valence-corrected chi connectivity index (χ0v) is 8.65. The first-order valence-electron chi connectivity index (χ1n) is 3.37. The zero-order valence-electron chi connectivity index (χ0n) is 7.00. The van der Waals surface area contributed by atoms with E-state index in [2.05, 4.69) is 0 Å². The number of nitrogens with zero attached hydrogens (tertiary/aromatic N) is 1. The van der Waals surface area contributed by atoms with Crippen LogP contribution in [0.1, 0.15) is 20.8 Å². The number of hydrogen-bond donors (Lipinski definition) is 1. The molecule has 0 aliphatic rings. The molecule has 0 unspecified atom stereocenters. The number of thiol groups is 1. The lowest BCUT2D eigenvalue weighted by Crippen LogP contribution is -2.41. The van der Waals surface area contributed by atoms with Gasteiger partial charge in [0.05, 0.1) is 0 Å². The molecule has 0 amide bonds. The van der Waals surface area contributed by atoms with E-state index in [0.717, 1.165) is 0 Å². The fourth-order valence-electron chi connectivity index (χ4n) is 0.742. The van der Waals surface area contributed by atoms with E-state index in [-0.39, 0.29) is 5.54 Å². The predicted molar refractivity (Wildman–Crippen MR) is 47.5 cm³/mol. The average Bonchev–Trinajstić information content (AvgIpc) is 1.79. The highest BCUT2D eigenvalue weighted by Crippen LogP contribution is 2.12. The molecule has 5 heteroatoms. The molecule has 0 saturated carbocycles. The van der Waals surface area contributed by atoms with Crippen molar-refractivity contribution in [2.24, 2.45) is 0 Å². The van der Waals surface area contributed by atoms with E-state index in [4.69, 9.17) is 11.6 Å². The van der Waals surface area contributed by atoms with Crippen LogP contribution in [0.25, 0.3) is 0 Å². The van der Waals surface area contributed by atoms with Gasteiger partial charge in [0.25, 0.3) is 0 Å². The van der Waals surface area contributed by atoms with Gasteiger partial charge in [0.1, 0.15) is 0 Å². The molecule has 0 atom stereocenters. The first kappa shape index (κ1) is 11.2. The van der Waals surface area contributed by atoms with E-state index in [9.17, 15) is 8.42 Å². The number of hydrogen-bond acceptors (Lipinski definition) is 2. The van der Waals surface area contributed by atoms with Crippen LogP contribution in [0.4, 0.5) is 0 Å². The SMILES string of the molecule is CC(C)(C)N(CCCl)[SH](=O)=O. The Morgan fingerprint density at radius 2 is 1.82 bits per heavy atom. The van der Waals surface area contributed by atoms with Crippen molar-refractivity contribution < 1.29 is 8.42 Å². The molecule has 11 heavy (non-hydrogen) atoms. The van der Waals surface area contributed by atoms with E-state index in [1.807, 2.05) is 20.8 Å². The predicted octanol–water partition coefficient (Wildman–Crippen LogP) is 0.852. The van der Waals surface area contributed by atoms with Crippen LogP contribution < -0.4 is 0 Å². The number of rotatable bonds is 3. The second kappa shape index (κ2) is 4.28. The third-order valence-corrected chi connectivity index (χ3v) is 2.63. The summed E-state index contributed by atoms with van der Waals surface area (Å²) >= 11 is 5.44. The van der Waals surface area contributed by atoms with Gasteiger partial charge in [-0.05, 0) is 20.8 Å². The van der Waals surface area contributed by atoms with Crippen LogP contribution in [0.5, 0.6) is 0 Å². The van der Waals surface area contributed by atoms with Crippen molar-refractivity contribution in [1.82, 2.24) is 4.31 Å². The Labute approximate surface area is 74.4 Å². The van der Waals surface area contributed by atoms with Crippen molar-refractivity contribution in [1.29, 1.82) is 0 Å². The summed E-state index contributed by atoms with van der Waals surface area (Å²) in [6, 6.07) is 0. The summed E-state index contributed by atoms with van der Waals surface area (Å²) in [5.41, 5.74) is -0.357. The molecule has 3 nitrogen and oxygen atoms in total. The third kappa shape index (κ3) is 3.94. The van der Waals surface area contributed by atoms with E-state index >= 15 is 0 Å². The van der Waals surface area contributed by atoms with Crippen molar-refractivity contribution in [2.45, 2.75) is 26.3 Å². The topological polar surface area (TPSA) is 37.4 Å². The molecule has 0 spiro atoms. The van der Waals surface area contributed by atoms with Gasteiger partial charge in [-0.2, -0.15) is 4.31 Å². The Morgan fingerprint density at radius 1 is 1.36 bits per heavy atom. The van der Waals surface area contributed by atoms with Gasteiger partial charge < -0.3 is 0 Å². The molecule has 68 valence electrons. The Bertz CT molecular complexity index is 178. The normalized spacial score (nSPS) is 12.9. The monoisotopic (exact) mass is 199 g/mol. The molecule has 0 fully saturated rings. The first-order valence-corrected chi connectivity index (χ1v) is 5.04. The molecule has 0 radical (unpaired) electrons. The average molecular weight is 200 g/mol. The summed E-state index contributed by atoms with van der Waals surface area (Å²) in [5, 5.41) is 0. The Morgan fingerprint density at radius 3 is 1.91 bits per heavy atom. The van der Waals surface area contributed by atoms with Crippen molar-refractivity contribution in [2.75, 3.05) is 12.4 Å². The minimum Gasteiger partial charge on any atom is -0.215 e. The molecule has 0 saturated heterocycles. The van der Waals surface area contributed by atoms with Gasteiger partial charge in [0, 0.05) is 18.0 Å². The Kier molecular flexibility index (Phi) is 4.36.